The summed E-state index contributed by atoms with van der Waals surface area (Å²) in [6, 6.07) is 10.3. The van der Waals surface area contributed by atoms with Crippen LogP contribution in [0.3, 0.4) is 0 Å². The number of anilines is 3. The van der Waals surface area contributed by atoms with E-state index in [0.29, 0.717) is 36.1 Å². The van der Waals surface area contributed by atoms with Gasteiger partial charge in [-0.2, -0.15) is 0 Å². The summed E-state index contributed by atoms with van der Waals surface area (Å²) >= 11 is 5.79. The van der Waals surface area contributed by atoms with E-state index in [-0.39, 0.29) is 24.3 Å². The number of aromatic nitrogens is 1. The molecule has 3 amide bonds. The van der Waals surface area contributed by atoms with Gasteiger partial charge in [-0.15, -0.1) is 0 Å². The highest BCUT2D eigenvalue weighted by Crippen LogP contribution is 2.53. The maximum atomic E-state index is 12.7. The molecule has 1 saturated carbocycles. The quantitative estimate of drug-likeness (QED) is 0.762. The number of nitrogens with one attached hydrogen (secondary N) is 2. The first-order chi connectivity index (χ1) is 14.4. The summed E-state index contributed by atoms with van der Waals surface area (Å²) in [5.74, 6) is -0.592. The lowest BCUT2D eigenvalue weighted by Gasteiger charge is -2.27. The van der Waals surface area contributed by atoms with E-state index in [9.17, 15) is 14.4 Å². The van der Waals surface area contributed by atoms with Crippen molar-refractivity contribution in [3.8, 4) is 0 Å². The average molecular weight is 429 g/mol. The molecule has 2 N–H and O–H groups in total. The molecule has 4 rings (SSSR count). The SMILES string of the molecule is C[C@]1(C(=O)Nc2ccc(N3CCOCC3=O)cc2)C[C@H]1C(=O)Nc1ccc(Cl)cn1. The molecule has 2 fully saturated rings. The number of carbonyl (C=O) groups is 3. The Morgan fingerprint density at radius 1 is 1.20 bits per heavy atom. The van der Waals surface area contributed by atoms with Crippen molar-refractivity contribution >= 4 is 46.5 Å². The monoisotopic (exact) mass is 428 g/mol. The topological polar surface area (TPSA) is 101 Å². The Labute approximate surface area is 178 Å². The lowest BCUT2D eigenvalue weighted by atomic mass is 10.0. The van der Waals surface area contributed by atoms with Gasteiger partial charge in [0, 0.05) is 24.1 Å². The Balaban J connectivity index is 1.35. The third kappa shape index (κ3) is 4.15. The standard InChI is InChI=1S/C21H21ClN4O4/c1-21(10-16(21)19(28)25-17-7-2-13(22)11-23-17)20(29)24-14-3-5-15(6-4-14)26-8-9-30-12-18(26)27/h2-7,11,16H,8-10,12H2,1H3,(H,24,29)(H,23,25,28)/t16-,21-/m0/s1. The summed E-state index contributed by atoms with van der Waals surface area (Å²) in [4.78, 5) is 42.8. The number of pyridine rings is 1. The number of ether oxygens (including phenoxy) is 1. The lowest BCUT2D eigenvalue weighted by molar-refractivity contribution is -0.125. The van der Waals surface area contributed by atoms with Gasteiger partial charge < -0.3 is 20.3 Å². The fourth-order valence-corrected chi connectivity index (χ4v) is 3.56. The van der Waals surface area contributed by atoms with Crippen LogP contribution in [0.4, 0.5) is 17.2 Å². The zero-order chi connectivity index (χ0) is 21.3. The number of rotatable bonds is 5. The van der Waals surface area contributed by atoms with Crippen molar-refractivity contribution in [1.29, 1.82) is 0 Å². The third-order valence-corrected chi connectivity index (χ3v) is 5.70. The highest BCUT2D eigenvalue weighted by atomic mass is 35.5. The molecule has 9 heteroatoms. The van der Waals surface area contributed by atoms with Gasteiger partial charge in [0.1, 0.15) is 12.4 Å². The van der Waals surface area contributed by atoms with Crippen LogP contribution in [-0.2, 0) is 19.1 Å². The maximum Gasteiger partial charge on any atom is 0.253 e. The van der Waals surface area contributed by atoms with E-state index in [1.54, 1.807) is 48.2 Å². The number of morpholine rings is 1. The summed E-state index contributed by atoms with van der Waals surface area (Å²) in [6.07, 6.45) is 1.91. The van der Waals surface area contributed by atoms with Crippen molar-refractivity contribution in [1.82, 2.24) is 4.98 Å². The largest absolute Gasteiger partial charge is 0.370 e. The van der Waals surface area contributed by atoms with Gasteiger partial charge in [-0.3, -0.25) is 14.4 Å². The Morgan fingerprint density at radius 2 is 1.97 bits per heavy atom. The van der Waals surface area contributed by atoms with Crippen LogP contribution in [0.1, 0.15) is 13.3 Å². The van der Waals surface area contributed by atoms with Crippen molar-refractivity contribution < 1.29 is 19.1 Å². The molecule has 0 bridgehead atoms. The Bertz CT molecular complexity index is 980. The van der Waals surface area contributed by atoms with Crippen LogP contribution in [-0.4, -0.2) is 42.5 Å². The highest BCUT2D eigenvalue weighted by Gasteiger charge is 2.60. The maximum absolute atomic E-state index is 12.7. The zero-order valence-electron chi connectivity index (χ0n) is 16.4. The molecule has 2 aromatic rings. The molecule has 156 valence electrons. The van der Waals surface area contributed by atoms with Crippen LogP contribution >= 0.6 is 11.6 Å². The number of halogens is 1. The van der Waals surface area contributed by atoms with E-state index in [0.717, 1.165) is 5.69 Å². The first-order valence-corrected chi connectivity index (χ1v) is 9.97. The molecule has 0 spiro atoms. The van der Waals surface area contributed by atoms with Gasteiger partial charge in [-0.05, 0) is 49.7 Å². The van der Waals surface area contributed by atoms with Crippen LogP contribution in [0, 0.1) is 11.3 Å². The molecule has 1 aromatic carbocycles. The molecule has 1 saturated heterocycles. The molecule has 1 aliphatic carbocycles. The van der Waals surface area contributed by atoms with Gasteiger partial charge in [-0.25, -0.2) is 4.98 Å². The van der Waals surface area contributed by atoms with Crippen molar-refractivity contribution in [2.45, 2.75) is 13.3 Å². The molecule has 1 aliphatic heterocycles. The van der Waals surface area contributed by atoms with Crippen LogP contribution in [0.5, 0.6) is 0 Å². The fraction of sp³-hybridized carbons (Fsp3) is 0.333. The van der Waals surface area contributed by atoms with Crippen LogP contribution < -0.4 is 15.5 Å². The predicted octanol–water partition coefficient (Wildman–Crippen LogP) is 2.70. The molecule has 2 aliphatic rings. The van der Waals surface area contributed by atoms with E-state index in [2.05, 4.69) is 15.6 Å². The number of hydrogen-bond acceptors (Lipinski definition) is 5. The summed E-state index contributed by atoms with van der Waals surface area (Å²) < 4.78 is 5.14. The Kier molecular flexibility index (Phi) is 5.44. The van der Waals surface area contributed by atoms with Gasteiger partial charge in [-0.1, -0.05) is 11.6 Å². The minimum Gasteiger partial charge on any atom is -0.370 e. The normalized spacial score (nSPS) is 23.1. The van der Waals surface area contributed by atoms with E-state index in [1.807, 2.05) is 0 Å². The molecular weight excluding hydrogens is 408 g/mol. The first kappa shape index (κ1) is 20.3. The van der Waals surface area contributed by atoms with Crippen molar-refractivity contribution in [2.24, 2.45) is 11.3 Å². The highest BCUT2D eigenvalue weighted by molar-refractivity contribution is 6.30. The van der Waals surface area contributed by atoms with Gasteiger partial charge in [0.15, 0.2) is 0 Å². The minimum absolute atomic E-state index is 0.0752. The van der Waals surface area contributed by atoms with E-state index >= 15 is 0 Å². The van der Waals surface area contributed by atoms with Gasteiger partial charge >= 0.3 is 0 Å². The molecular formula is C21H21ClN4O4. The van der Waals surface area contributed by atoms with Gasteiger partial charge in [0.05, 0.1) is 23.0 Å². The number of amides is 3. The molecule has 0 unspecified atom stereocenters. The summed E-state index contributed by atoms with van der Waals surface area (Å²) in [5.41, 5.74) is 0.581. The van der Waals surface area contributed by atoms with Crippen LogP contribution in [0.2, 0.25) is 5.02 Å². The van der Waals surface area contributed by atoms with Gasteiger partial charge in [0.25, 0.3) is 5.91 Å². The van der Waals surface area contributed by atoms with Crippen molar-refractivity contribution in [2.75, 3.05) is 35.3 Å². The zero-order valence-corrected chi connectivity index (χ0v) is 17.1. The summed E-state index contributed by atoms with van der Waals surface area (Å²) in [5, 5.41) is 6.06. The third-order valence-electron chi connectivity index (χ3n) is 5.47. The number of hydrogen-bond donors (Lipinski definition) is 2. The van der Waals surface area contributed by atoms with Crippen molar-refractivity contribution in [3.63, 3.8) is 0 Å². The molecule has 0 radical (unpaired) electrons. The van der Waals surface area contributed by atoms with Crippen LogP contribution in [0.15, 0.2) is 42.6 Å². The smallest absolute Gasteiger partial charge is 0.253 e. The number of carbonyl (C=O) groups excluding carboxylic acids is 3. The predicted molar refractivity (Wildman–Crippen MR) is 112 cm³/mol. The van der Waals surface area contributed by atoms with E-state index < -0.39 is 11.3 Å². The number of benzene rings is 1. The molecule has 2 heterocycles. The summed E-state index contributed by atoms with van der Waals surface area (Å²) in [7, 11) is 0. The lowest BCUT2D eigenvalue weighted by Crippen LogP contribution is -2.41. The second-order valence-electron chi connectivity index (χ2n) is 7.62. The second-order valence-corrected chi connectivity index (χ2v) is 8.06. The van der Waals surface area contributed by atoms with Crippen molar-refractivity contribution in [3.05, 3.63) is 47.6 Å². The average Bonchev–Trinajstić information content (AvgIpc) is 3.44. The van der Waals surface area contributed by atoms with Crippen LogP contribution in [0.25, 0.3) is 0 Å². The molecule has 2 atom stereocenters. The minimum atomic E-state index is -0.782. The number of nitrogens with zero attached hydrogens (tertiary/aromatic N) is 2. The Hall–Kier alpha value is -2.97. The summed E-state index contributed by atoms with van der Waals surface area (Å²) in [6.45, 7) is 2.84. The first-order valence-electron chi connectivity index (χ1n) is 9.59. The second kappa shape index (κ2) is 8.04. The fourth-order valence-electron chi connectivity index (χ4n) is 3.45. The van der Waals surface area contributed by atoms with E-state index in [1.165, 1.54) is 6.20 Å². The molecule has 8 nitrogen and oxygen atoms in total. The molecule has 1 aromatic heterocycles. The molecule has 30 heavy (non-hydrogen) atoms. The van der Waals surface area contributed by atoms with Gasteiger partial charge in [0.2, 0.25) is 11.8 Å². The van der Waals surface area contributed by atoms with E-state index in [4.69, 9.17) is 16.3 Å². The Morgan fingerprint density at radius 3 is 2.63 bits per heavy atom.